The molecule has 9 heteroatoms. The predicted molar refractivity (Wildman–Crippen MR) is 131 cm³/mol. The highest BCUT2D eigenvalue weighted by molar-refractivity contribution is 7.87. The van der Waals surface area contributed by atoms with Crippen molar-refractivity contribution in [1.29, 1.82) is 0 Å². The Hall–Kier alpha value is -2.26. The Bertz CT molecular complexity index is 976. The van der Waals surface area contributed by atoms with Crippen LogP contribution in [-0.4, -0.2) is 51.2 Å². The number of hydrogen-bond donors (Lipinski definition) is 1. The zero-order valence-corrected chi connectivity index (χ0v) is 20.4. The van der Waals surface area contributed by atoms with Crippen molar-refractivity contribution in [2.24, 2.45) is 5.73 Å². The lowest BCUT2D eigenvalue weighted by molar-refractivity contribution is -0.182. The molecule has 4 nitrogen and oxygen atoms in total. The lowest BCUT2D eigenvalue weighted by Crippen LogP contribution is -2.55. The van der Waals surface area contributed by atoms with E-state index in [4.69, 9.17) is 5.73 Å². The third-order valence-electron chi connectivity index (χ3n) is 6.65. The number of hydrogen-bond acceptors (Lipinski definition) is 3. The van der Waals surface area contributed by atoms with Crippen molar-refractivity contribution < 1.29 is 26.6 Å². The summed E-state index contributed by atoms with van der Waals surface area (Å²) < 4.78 is 62.2. The first-order valence-corrected chi connectivity index (χ1v) is 13.0. The van der Waals surface area contributed by atoms with Gasteiger partial charge in [-0.3, -0.25) is 9.00 Å². The van der Waals surface area contributed by atoms with Gasteiger partial charge in [-0.2, -0.15) is 13.2 Å². The summed E-state index contributed by atoms with van der Waals surface area (Å²) >= 11 is 0. The lowest BCUT2D eigenvalue weighted by Gasteiger charge is -2.39. The molecule has 2 N–H and O–H groups in total. The minimum absolute atomic E-state index is 0.0733. The second kappa shape index (κ2) is 11.6. The molecule has 1 aromatic carbocycles. The molecule has 192 valence electrons. The van der Waals surface area contributed by atoms with Crippen LogP contribution in [-0.2, 0) is 15.6 Å². The zero-order valence-electron chi connectivity index (χ0n) is 19.6. The summed E-state index contributed by atoms with van der Waals surface area (Å²) in [5.74, 6) is -0.536. The van der Waals surface area contributed by atoms with Crippen LogP contribution in [0.15, 0.2) is 60.0 Å². The molecule has 3 rings (SSSR count). The molecule has 1 saturated carbocycles. The van der Waals surface area contributed by atoms with Crippen molar-refractivity contribution in [2.75, 3.05) is 13.1 Å². The second-order valence-electron chi connectivity index (χ2n) is 9.12. The van der Waals surface area contributed by atoms with Gasteiger partial charge in [0.2, 0.25) is 5.91 Å². The van der Waals surface area contributed by atoms with Crippen LogP contribution in [0.1, 0.15) is 50.5 Å². The topological polar surface area (TPSA) is 63.4 Å². The smallest absolute Gasteiger partial charge is 0.368 e. The highest BCUT2D eigenvalue weighted by atomic mass is 32.2. The van der Waals surface area contributed by atoms with Gasteiger partial charge in [-0.05, 0) is 68.2 Å². The molecule has 0 spiro atoms. The van der Waals surface area contributed by atoms with E-state index in [0.29, 0.717) is 43.3 Å². The average Bonchev–Trinajstić information content (AvgIpc) is 3.67. The number of allylic oxidation sites excluding steroid dienone is 5. The van der Waals surface area contributed by atoms with Crippen molar-refractivity contribution in [3.05, 3.63) is 60.7 Å². The number of unbranched alkanes of at least 4 members (excludes halogenated alkanes) is 1. The molecule has 2 aliphatic rings. The van der Waals surface area contributed by atoms with Crippen molar-refractivity contribution in [1.82, 2.24) is 4.90 Å². The van der Waals surface area contributed by atoms with E-state index in [-0.39, 0.29) is 6.42 Å². The SMILES string of the molecule is C=C/C=C(\C=C/CCCC(F)C(F)(F)F)c1ccc(S(=O)C2(C(N)=O)CCN(C3CC3)CC2)cc1. The summed E-state index contributed by atoms with van der Waals surface area (Å²) in [6.45, 7) is 5.11. The van der Waals surface area contributed by atoms with E-state index in [1.807, 2.05) is 0 Å². The molecule has 0 aromatic heterocycles. The van der Waals surface area contributed by atoms with Gasteiger partial charge in [0.15, 0.2) is 6.17 Å². The fourth-order valence-corrected chi connectivity index (χ4v) is 5.94. The van der Waals surface area contributed by atoms with Gasteiger partial charge in [-0.15, -0.1) is 0 Å². The average molecular weight is 513 g/mol. The van der Waals surface area contributed by atoms with E-state index in [2.05, 4.69) is 11.5 Å². The molecular formula is C26H32F4N2O2S. The molecule has 1 heterocycles. The Morgan fingerprint density at radius 2 is 1.86 bits per heavy atom. The summed E-state index contributed by atoms with van der Waals surface area (Å²) in [5.41, 5.74) is 7.30. The Balaban J connectivity index is 1.65. The number of carbonyl (C=O) groups excluding carboxylic acids is 1. The summed E-state index contributed by atoms with van der Waals surface area (Å²) in [4.78, 5) is 15.3. The van der Waals surface area contributed by atoms with Crippen LogP contribution >= 0.6 is 0 Å². The van der Waals surface area contributed by atoms with Gasteiger partial charge >= 0.3 is 6.18 Å². The predicted octanol–water partition coefficient (Wildman–Crippen LogP) is 5.47. The number of alkyl halides is 4. The van der Waals surface area contributed by atoms with E-state index in [0.717, 1.165) is 11.1 Å². The van der Waals surface area contributed by atoms with Crippen LogP contribution in [0.3, 0.4) is 0 Å². The van der Waals surface area contributed by atoms with E-state index in [1.54, 1.807) is 48.6 Å². The first kappa shape index (κ1) is 27.3. The number of benzene rings is 1. The van der Waals surface area contributed by atoms with Gasteiger partial charge < -0.3 is 10.6 Å². The van der Waals surface area contributed by atoms with Gasteiger partial charge in [-0.1, -0.05) is 43.0 Å². The molecule has 1 aliphatic carbocycles. The van der Waals surface area contributed by atoms with Crippen LogP contribution in [0, 0.1) is 0 Å². The summed E-state index contributed by atoms with van der Waals surface area (Å²) in [6.07, 6.45) is 2.21. The molecule has 1 aliphatic heterocycles. The zero-order chi connectivity index (χ0) is 25.6. The molecule has 0 bridgehead atoms. The first-order chi connectivity index (χ1) is 16.6. The molecule has 0 radical (unpaired) electrons. The Morgan fingerprint density at radius 3 is 2.37 bits per heavy atom. The number of piperidine rings is 1. The fraction of sp³-hybridized carbons (Fsp3) is 0.500. The maximum atomic E-state index is 13.5. The van der Waals surface area contributed by atoms with Gasteiger partial charge in [0, 0.05) is 24.0 Å². The third kappa shape index (κ3) is 6.91. The van der Waals surface area contributed by atoms with Gasteiger partial charge in [0.25, 0.3) is 0 Å². The lowest BCUT2D eigenvalue weighted by atomic mass is 9.95. The number of likely N-dealkylation sites (tertiary alicyclic amines) is 1. The molecular weight excluding hydrogens is 480 g/mol. The highest BCUT2D eigenvalue weighted by Gasteiger charge is 2.47. The minimum atomic E-state index is -4.82. The maximum absolute atomic E-state index is 13.5. The highest BCUT2D eigenvalue weighted by Crippen LogP contribution is 2.37. The molecule has 2 unspecified atom stereocenters. The number of carbonyl (C=O) groups is 1. The quantitative estimate of drug-likeness (QED) is 0.243. The Morgan fingerprint density at radius 1 is 1.23 bits per heavy atom. The van der Waals surface area contributed by atoms with Crippen molar-refractivity contribution in [2.45, 2.75) is 73.0 Å². The number of primary amides is 1. The molecule has 1 amide bonds. The summed E-state index contributed by atoms with van der Waals surface area (Å²) in [5, 5.41) is 0. The number of halogens is 4. The van der Waals surface area contributed by atoms with Crippen LogP contribution in [0.4, 0.5) is 17.6 Å². The van der Waals surface area contributed by atoms with E-state index in [9.17, 15) is 26.6 Å². The van der Waals surface area contributed by atoms with Gasteiger partial charge in [0.1, 0.15) is 4.75 Å². The second-order valence-corrected chi connectivity index (χ2v) is 10.9. The van der Waals surface area contributed by atoms with Crippen LogP contribution in [0.5, 0.6) is 0 Å². The summed E-state index contributed by atoms with van der Waals surface area (Å²) in [6, 6.07) is 7.57. The number of nitrogens with zero attached hydrogens (tertiary/aromatic N) is 1. The van der Waals surface area contributed by atoms with Crippen molar-refractivity contribution in [3.63, 3.8) is 0 Å². The standard InChI is InChI=1S/C26H32F4N2O2S/c1-2-6-19(7-4-3-5-8-23(27)26(28,29)30)20-9-13-22(14-10-20)35(34)25(24(31)33)15-17-32(18-16-25)21-11-12-21/h2,4,6-7,9-10,13-14,21,23H,1,3,5,8,11-12,15-18H2,(H2,31,33)/b7-4-,19-6+. The van der Waals surface area contributed by atoms with Crippen LogP contribution in [0.25, 0.3) is 5.57 Å². The van der Waals surface area contributed by atoms with E-state index in [1.165, 1.54) is 12.8 Å². The molecule has 2 fully saturated rings. The van der Waals surface area contributed by atoms with E-state index < -0.39 is 40.2 Å². The normalized spacial score (nSPS) is 21.1. The summed E-state index contributed by atoms with van der Waals surface area (Å²) in [7, 11) is -1.60. The van der Waals surface area contributed by atoms with Gasteiger partial charge in [0.05, 0.1) is 10.8 Å². The fourth-order valence-electron chi connectivity index (χ4n) is 4.37. The Kier molecular flexibility index (Phi) is 9.10. The van der Waals surface area contributed by atoms with E-state index >= 15 is 0 Å². The third-order valence-corrected chi connectivity index (χ3v) is 8.67. The largest absolute Gasteiger partial charge is 0.419 e. The molecule has 35 heavy (non-hydrogen) atoms. The number of amides is 1. The Labute approximate surface area is 206 Å². The molecule has 1 saturated heterocycles. The molecule has 1 aromatic rings. The van der Waals surface area contributed by atoms with Gasteiger partial charge in [-0.25, -0.2) is 4.39 Å². The monoisotopic (exact) mass is 512 g/mol. The van der Waals surface area contributed by atoms with Crippen LogP contribution in [0.2, 0.25) is 0 Å². The number of nitrogens with two attached hydrogens (primary N) is 1. The van der Waals surface area contributed by atoms with Crippen molar-refractivity contribution >= 4 is 22.3 Å². The van der Waals surface area contributed by atoms with Crippen LogP contribution < -0.4 is 5.73 Å². The first-order valence-electron chi connectivity index (χ1n) is 11.8. The van der Waals surface area contributed by atoms with Crippen molar-refractivity contribution in [3.8, 4) is 0 Å². The molecule has 2 atom stereocenters. The number of rotatable bonds is 11. The maximum Gasteiger partial charge on any atom is 0.419 e. The minimum Gasteiger partial charge on any atom is -0.368 e.